The number of nitrogens with zero attached hydrogens (tertiary/aromatic N) is 2. The number of benzene rings is 1. The van der Waals surface area contributed by atoms with Gasteiger partial charge in [-0.15, -0.1) is 0 Å². The number of anilines is 3. The molecule has 1 aromatic carbocycles. The standard InChI is InChI=1S/C13H15FN4/c1-3-15-13-16-8-11(14)12(18-13)17-10-6-4-9(2)5-7-10/h4-8H,3H2,1-2H3,(H2,15,16,17,18). The van der Waals surface area contributed by atoms with Crippen LogP contribution in [0.15, 0.2) is 30.5 Å². The Bertz CT molecular complexity index is 525. The molecular weight excluding hydrogens is 231 g/mol. The first kappa shape index (κ1) is 12.3. The highest BCUT2D eigenvalue weighted by Crippen LogP contribution is 2.18. The van der Waals surface area contributed by atoms with E-state index in [1.54, 1.807) is 0 Å². The molecule has 1 aromatic heterocycles. The number of hydrogen-bond donors (Lipinski definition) is 2. The average Bonchev–Trinajstić information content (AvgIpc) is 2.36. The van der Waals surface area contributed by atoms with E-state index in [9.17, 15) is 4.39 Å². The van der Waals surface area contributed by atoms with Gasteiger partial charge in [-0.2, -0.15) is 4.98 Å². The predicted octanol–water partition coefficient (Wildman–Crippen LogP) is 3.10. The smallest absolute Gasteiger partial charge is 0.224 e. The van der Waals surface area contributed by atoms with Crippen LogP contribution in [0.2, 0.25) is 0 Å². The molecule has 0 saturated heterocycles. The topological polar surface area (TPSA) is 49.8 Å². The highest BCUT2D eigenvalue weighted by molar-refractivity contribution is 5.57. The molecule has 0 fully saturated rings. The van der Waals surface area contributed by atoms with E-state index in [4.69, 9.17) is 0 Å². The van der Waals surface area contributed by atoms with Gasteiger partial charge >= 0.3 is 0 Å². The van der Waals surface area contributed by atoms with Crippen molar-refractivity contribution in [2.75, 3.05) is 17.2 Å². The molecule has 0 unspecified atom stereocenters. The van der Waals surface area contributed by atoms with E-state index >= 15 is 0 Å². The molecule has 0 spiro atoms. The summed E-state index contributed by atoms with van der Waals surface area (Å²) in [5, 5.41) is 5.87. The van der Waals surface area contributed by atoms with Crippen LogP contribution in [0.5, 0.6) is 0 Å². The van der Waals surface area contributed by atoms with E-state index in [1.807, 2.05) is 38.1 Å². The number of nitrogens with one attached hydrogen (secondary N) is 2. The lowest BCUT2D eigenvalue weighted by Crippen LogP contribution is -2.05. The molecule has 0 radical (unpaired) electrons. The maximum Gasteiger partial charge on any atom is 0.224 e. The predicted molar refractivity (Wildman–Crippen MR) is 70.6 cm³/mol. The van der Waals surface area contributed by atoms with Crippen molar-refractivity contribution in [3.63, 3.8) is 0 Å². The quantitative estimate of drug-likeness (QED) is 0.870. The summed E-state index contributed by atoms with van der Waals surface area (Å²) in [4.78, 5) is 7.92. The van der Waals surface area contributed by atoms with Crippen molar-refractivity contribution >= 4 is 17.5 Å². The highest BCUT2D eigenvalue weighted by Gasteiger charge is 2.06. The molecule has 2 N–H and O–H groups in total. The van der Waals surface area contributed by atoms with Crippen molar-refractivity contribution < 1.29 is 4.39 Å². The van der Waals surface area contributed by atoms with E-state index in [0.717, 1.165) is 17.4 Å². The molecule has 0 aliphatic carbocycles. The van der Waals surface area contributed by atoms with Crippen molar-refractivity contribution in [2.24, 2.45) is 0 Å². The molecule has 0 bridgehead atoms. The Labute approximate surface area is 105 Å². The van der Waals surface area contributed by atoms with Crippen molar-refractivity contribution in [3.8, 4) is 0 Å². The largest absolute Gasteiger partial charge is 0.354 e. The Morgan fingerprint density at radius 3 is 2.61 bits per heavy atom. The fraction of sp³-hybridized carbons (Fsp3) is 0.231. The van der Waals surface area contributed by atoms with Gasteiger partial charge in [-0.1, -0.05) is 17.7 Å². The van der Waals surface area contributed by atoms with Crippen LogP contribution in [0.3, 0.4) is 0 Å². The summed E-state index contributed by atoms with van der Waals surface area (Å²) in [6.45, 7) is 4.62. The van der Waals surface area contributed by atoms with E-state index in [2.05, 4.69) is 20.6 Å². The van der Waals surface area contributed by atoms with Crippen molar-refractivity contribution in [2.45, 2.75) is 13.8 Å². The zero-order valence-corrected chi connectivity index (χ0v) is 10.4. The van der Waals surface area contributed by atoms with Gasteiger partial charge < -0.3 is 10.6 Å². The van der Waals surface area contributed by atoms with Crippen LogP contribution < -0.4 is 10.6 Å². The van der Waals surface area contributed by atoms with Crippen molar-refractivity contribution in [1.29, 1.82) is 0 Å². The molecular formula is C13H15FN4. The van der Waals surface area contributed by atoms with Gasteiger partial charge in [0.2, 0.25) is 5.95 Å². The fourth-order valence-corrected chi connectivity index (χ4v) is 1.47. The molecule has 0 atom stereocenters. The van der Waals surface area contributed by atoms with Gasteiger partial charge in [0.05, 0.1) is 6.20 Å². The minimum atomic E-state index is -0.475. The Morgan fingerprint density at radius 2 is 1.94 bits per heavy atom. The lowest BCUT2D eigenvalue weighted by atomic mass is 10.2. The summed E-state index contributed by atoms with van der Waals surface area (Å²) < 4.78 is 13.6. The first-order chi connectivity index (χ1) is 8.69. The van der Waals surface area contributed by atoms with Gasteiger partial charge in [-0.05, 0) is 26.0 Å². The number of aromatic nitrogens is 2. The molecule has 5 heteroatoms. The zero-order valence-electron chi connectivity index (χ0n) is 10.4. The summed E-state index contributed by atoms with van der Waals surface area (Å²) >= 11 is 0. The molecule has 2 rings (SSSR count). The number of aryl methyl sites for hydroxylation is 1. The summed E-state index contributed by atoms with van der Waals surface area (Å²) in [5.41, 5.74) is 1.94. The van der Waals surface area contributed by atoms with Gasteiger partial charge in [-0.25, -0.2) is 9.37 Å². The molecule has 18 heavy (non-hydrogen) atoms. The molecule has 94 valence electrons. The monoisotopic (exact) mass is 246 g/mol. The Morgan fingerprint density at radius 1 is 1.22 bits per heavy atom. The van der Waals surface area contributed by atoms with Crippen LogP contribution in [0, 0.1) is 12.7 Å². The Kier molecular flexibility index (Phi) is 3.72. The Balaban J connectivity index is 2.22. The maximum absolute atomic E-state index is 13.6. The van der Waals surface area contributed by atoms with Crippen molar-refractivity contribution in [3.05, 3.63) is 41.8 Å². The highest BCUT2D eigenvalue weighted by atomic mass is 19.1. The summed E-state index contributed by atoms with van der Waals surface area (Å²) in [6.07, 6.45) is 1.15. The second-order valence-electron chi connectivity index (χ2n) is 3.91. The third-order valence-electron chi connectivity index (χ3n) is 2.39. The average molecular weight is 246 g/mol. The number of rotatable bonds is 4. The zero-order chi connectivity index (χ0) is 13.0. The van der Waals surface area contributed by atoms with Gasteiger partial charge in [0.15, 0.2) is 11.6 Å². The van der Waals surface area contributed by atoms with Crippen LogP contribution in [0.4, 0.5) is 21.8 Å². The van der Waals surface area contributed by atoms with E-state index in [1.165, 1.54) is 0 Å². The molecule has 4 nitrogen and oxygen atoms in total. The third kappa shape index (κ3) is 2.94. The summed E-state index contributed by atoms with van der Waals surface area (Å²) in [5.74, 6) is 0.107. The van der Waals surface area contributed by atoms with Gasteiger partial charge in [0, 0.05) is 12.2 Å². The second kappa shape index (κ2) is 5.44. The van der Waals surface area contributed by atoms with Gasteiger partial charge in [0.25, 0.3) is 0 Å². The molecule has 1 heterocycles. The van der Waals surface area contributed by atoms with E-state index in [0.29, 0.717) is 12.5 Å². The van der Waals surface area contributed by atoms with Gasteiger partial charge in [0.1, 0.15) is 0 Å². The molecule has 0 amide bonds. The minimum Gasteiger partial charge on any atom is -0.354 e. The number of halogens is 1. The van der Waals surface area contributed by atoms with Crippen LogP contribution >= 0.6 is 0 Å². The third-order valence-corrected chi connectivity index (χ3v) is 2.39. The normalized spacial score (nSPS) is 10.2. The fourth-order valence-electron chi connectivity index (χ4n) is 1.47. The number of hydrogen-bond acceptors (Lipinski definition) is 4. The summed E-state index contributed by atoms with van der Waals surface area (Å²) in [7, 11) is 0. The van der Waals surface area contributed by atoms with Crippen molar-refractivity contribution in [1.82, 2.24) is 9.97 Å². The first-order valence-electron chi connectivity index (χ1n) is 5.79. The van der Waals surface area contributed by atoms with Crippen LogP contribution in [0.25, 0.3) is 0 Å². The second-order valence-corrected chi connectivity index (χ2v) is 3.91. The first-order valence-corrected chi connectivity index (χ1v) is 5.79. The molecule has 0 aliphatic heterocycles. The lowest BCUT2D eigenvalue weighted by Gasteiger charge is -2.08. The molecule has 0 saturated carbocycles. The van der Waals surface area contributed by atoms with Crippen LogP contribution in [-0.2, 0) is 0 Å². The van der Waals surface area contributed by atoms with Crippen LogP contribution in [-0.4, -0.2) is 16.5 Å². The SMILES string of the molecule is CCNc1ncc(F)c(Nc2ccc(C)cc2)n1. The van der Waals surface area contributed by atoms with Gasteiger partial charge in [-0.3, -0.25) is 0 Å². The minimum absolute atomic E-state index is 0.171. The molecule has 0 aliphatic rings. The Hall–Kier alpha value is -2.17. The lowest BCUT2D eigenvalue weighted by molar-refractivity contribution is 0.619. The van der Waals surface area contributed by atoms with E-state index < -0.39 is 5.82 Å². The molecule has 2 aromatic rings. The summed E-state index contributed by atoms with van der Waals surface area (Å²) in [6, 6.07) is 7.66. The van der Waals surface area contributed by atoms with E-state index in [-0.39, 0.29) is 5.82 Å². The van der Waals surface area contributed by atoms with Crippen LogP contribution in [0.1, 0.15) is 12.5 Å². The maximum atomic E-state index is 13.6.